The number of nitrogens with one attached hydrogen (secondary N) is 1. The van der Waals surface area contributed by atoms with Crippen LogP contribution in [-0.4, -0.2) is 16.0 Å². The minimum atomic E-state index is -0.492. The third kappa shape index (κ3) is 3.61. The van der Waals surface area contributed by atoms with E-state index >= 15 is 0 Å². The fraction of sp³-hybridized carbons (Fsp3) is 0. The summed E-state index contributed by atoms with van der Waals surface area (Å²) in [6.07, 6.45) is 0. The monoisotopic (exact) mass is 383 g/mol. The van der Waals surface area contributed by atoms with Gasteiger partial charge < -0.3 is 9.84 Å². The van der Waals surface area contributed by atoms with Crippen molar-refractivity contribution < 1.29 is 18.1 Å². The van der Waals surface area contributed by atoms with Gasteiger partial charge in [0.15, 0.2) is 0 Å². The number of carbonyl (C=O) groups is 1. The summed E-state index contributed by atoms with van der Waals surface area (Å²) in [4.78, 5) is 17.2. The van der Waals surface area contributed by atoms with Gasteiger partial charge in [0.1, 0.15) is 16.5 Å². The summed E-state index contributed by atoms with van der Waals surface area (Å²) in [5.74, 6) is -0.774. The first-order chi connectivity index (χ1) is 13.1. The number of halogens is 2. The van der Waals surface area contributed by atoms with Crippen molar-refractivity contribution in [2.24, 2.45) is 0 Å². The van der Waals surface area contributed by atoms with Crippen molar-refractivity contribution >= 4 is 22.9 Å². The van der Waals surface area contributed by atoms with E-state index in [0.717, 1.165) is 6.07 Å². The van der Waals surface area contributed by atoms with Gasteiger partial charge in [0, 0.05) is 11.1 Å². The third-order valence-corrected chi connectivity index (χ3v) is 4.63. The second-order valence-electron chi connectivity index (χ2n) is 5.56. The SMILES string of the molecule is O=C(Nc1ccsc1-c1nc(-c2ccc(F)cc2)no1)c1cccc(F)c1. The highest BCUT2D eigenvalue weighted by molar-refractivity contribution is 7.14. The van der Waals surface area contributed by atoms with Crippen molar-refractivity contribution in [1.82, 2.24) is 10.1 Å². The molecule has 0 aliphatic carbocycles. The van der Waals surface area contributed by atoms with Crippen LogP contribution in [0.1, 0.15) is 10.4 Å². The first-order valence-corrected chi connectivity index (χ1v) is 8.72. The van der Waals surface area contributed by atoms with Crippen LogP contribution in [0.2, 0.25) is 0 Å². The molecule has 0 atom stereocenters. The zero-order valence-corrected chi connectivity index (χ0v) is 14.5. The van der Waals surface area contributed by atoms with Crippen molar-refractivity contribution in [3.05, 3.63) is 77.2 Å². The van der Waals surface area contributed by atoms with Crippen LogP contribution in [0.5, 0.6) is 0 Å². The van der Waals surface area contributed by atoms with Crippen molar-refractivity contribution in [2.45, 2.75) is 0 Å². The molecule has 4 aromatic rings. The number of hydrogen-bond donors (Lipinski definition) is 1. The molecule has 0 unspecified atom stereocenters. The van der Waals surface area contributed by atoms with Gasteiger partial charge in [-0.25, -0.2) is 8.78 Å². The lowest BCUT2D eigenvalue weighted by Gasteiger charge is -2.04. The Balaban J connectivity index is 1.59. The first kappa shape index (κ1) is 17.0. The van der Waals surface area contributed by atoms with E-state index in [1.807, 2.05) is 0 Å². The molecular weight excluding hydrogens is 372 g/mol. The van der Waals surface area contributed by atoms with E-state index in [1.54, 1.807) is 23.6 Å². The normalized spacial score (nSPS) is 10.7. The minimum absolute atomic E-state index is 0.199. The van der Waals surface area contributed by atoms with E-state index < -0.39 is 11.7 Å². The number of hydrogen-bond acceptors (Lipinski definition) is 5. The number of aromatic nitrogens is 2. The van der Waals surface area contributed by atoms with E-state index in [0.29, 0.717) is 22.0 Å². The number of thiophene rings is 1. The van der Waals surface area contributed by atoms with E-state index in [-0.39, 0.29) is 17.3 Å². The Labute approximate surface area is 156 Å². The Bertz CT molecular complexity index is 1110. The van der Waals surface area contributed by atoms with E-state index in [2.05, 4.69) is 15.5 Å². The molecule has 0 saturated heterocycles. The van der Waals surface area contributed by atoms with E-state index in [1.165, 1.54) is 41.7 Å². The Morgan fingerprint density at radius 2 is 1.85 bits per heavy atom. The summed E-state index contributed by atoms with van der Waals surface area (Å²) in [5.41, 5.74) is 1.28. The second kappa shape index (κ2) is 7.08. The molecule has 0 aliphatic heterocycles. The third-order valence-electron chi connectivity index (χ3n) is 3.72. The number of carbonyl (C=O) groups excluding carboxylic acids is 1. The molecular formula is C19H11F2N3O2S. The van der Waals surface area contributed by atoms with Gasteiger partial charge in [-0.3, -0.25) is 4.79 Å². The lowest BCUT2D eigenvalue weighted by Crippen LogP contribution is -2.12. The predicted molar refractivity (Wildman–Crippen MR) is 97.4 cm³/mol. The number of anilines is 1. The molecule has 0 saturated carbocycles. The molecule has 2 aromatic carbocycles. The largest absolute Gasteiger partial charge is 0.333 e. The van der Waals surface area contributed by atoms with Crippen LogP contribution in [-0.2, 0) is 0 Å². The topological polar surface area (TPSA) is 68.0 Å². The predicted octanol–water partition coefficient (Wildman–Crippen LogP) is 5.00. The van der Waals surface area contributed by atoms with Gasteiger partial charge in [-0.05, 0) is 53.9 Å². The fourth-order valence-electron chi connectivity index (χ4n) is 2.43. The smallest absolute Gasteiger partial charge is 0.270 e. The van der Waals surface area contributed by atoms with Crippen molar-refractivity contribution in [2.75, 3.05) is 5.32 Å². The standard InChI is InChI=1S/C19H11F2N3O2S/c20-13-6-4-11(5-7-13)17-23-19(26-24-17)16-15(8-9-27-16)22-18(25)12-2-1-3-14(21)10-12/h1-10H,(H,22,25). The average Bonchev–Trinajstić information content (AvgIpc) is 3.31. The summed E-state index contributed by atoms with van der Waals surface area (Å²) in [5, 5.41) is 8.38. The van der Waals surface area contributed by atoms with Crippen LogP contribution in [0.3, 0.4) is 0 Å². The Kier molecular flexibility index (Phi) is 4.47. The Hall–Kier alpha value is -3.39. The fourth-order valence-corrected chi connectivity index (χ4v) is 3.20. The molecule has 2 heterocycles. The highest BCUT2D eigenvalue weighted by atomic mass is 32.1. The molecule has 0 fully saturated rings. The molecule has 5 nitrogen and oxygen atoms in total. The number of rotatable bonds is 4. The van der Waals surface area contributed by atoms with Crippen LogP contribution in [0.4, 0.5) is 14.5 Å². The highest BCUT2D eigenvalue weighted by Crippen LogP contribution is 2.34. The number of nitrogens with zero attached hydrogens (tertiary/aromatic N) is 2. The molecule has 0 bridgehead atoms. The molecule has 0 aliphatic rings. The van der Waals surface area contributed by atoms with Gasteiger partial charge in [-0.1, -0.05) is 11.2 Å². The summed E-state index contributed by atoms with van der Waals surface area (Å²) < 4.78 is 31.6. The van der Waals surface area contributed by atoms with Crippen molar-refractivity contribution in [3.63, 3.8) is 0 Å². The maximum Gasteiger partial charge on any atom is 0.270 e. The molecule has 134 valence electrons. The van der Waals surface area contributed by atoms with Crippen molar-refractivity contribution in [1.29, 1.82) is 0 Å². The van der Waals surface area contributed by atoms with Crippen molar-refractivity contribution in [3.8, 4) is 22.2 Å². The molecule has 1 amide bonds. The second-order valence-corrected chi connectivity index (χ2v) is 6.47. The minimum Gasteiger partial charge on any atom is -0.333 e. The van der Waals surface area contributed by atoms with E-state index in [4.69, 9.17) is 4.52 Å². The van der Waals surface area contributed by atoms with Gasteiger partial charge in [0.2, 0.25) is 5.82 Å². The Morgan fingerprint density at radius 1 is 1.04 bits per heavy atom. The Morgan fingerprint density at radius 3 is 2.63 bits per heavy atom. The van der Waals surface area contributed by atoms with E-state index in [9.17, 15) is 13.6 Å². The lowest BCUT2D eigenvalue weighted by molar-refractivity contribution is 0.102. The van der Waals surface area contributed by atoms with Gasteiger partial charge in [-0.2, -0.15) is 4.98 Å². The zero-order valence-electron chi connectivity index (χ0n) is 13.6. The summed E-state index contributed by atoms with van der Waals surface area (Å²) in [7, 11) is 0. The zero-order chi connectivity index (χ0) is 18.8. The lowest BCUT2D eigenvalue weighted by atomic mass is 10.2. The van der Waals surface area contributed by atoms with Gasteiger partial charge >= 0.3 is 0 Å². The summed E-state index contributed by atoms with van der Waals surface area (Å²) >= 11 is 1.31. The molecule has 0 spiro atoms. The molecule has 1 N–H and O–H groups in total. The van der Waals surface area contributed by atoms with Gasteiger partial charge in [0.25, 0.3) is 11.8 Å². The molecule has 4 rings (SSSR count). The van der Waals surface area contributed by atoms with Crippen LogP contribution in [0.25, 0.3) is 22.2 Å². The van der Waals surface area contributed by atoms with Crippen LogP contribution in [0, 0.1) is 11.6 Å². The summed E-state index contributed by atoms with van der Waals surface area (Å²) in [6, 6.07) is 12.8. The average molecular weight is 383 g/mol. The van der Waals surface area contributed by atoms with Crippen LogP contribution < -0.4 is 5.32 Å². The molecule has 8 heteroatoms. The number of benzene rings is 2. The molecule has 2 aromatic heterocycles. The maximum atomic E-state index is 13.3. The van der Waals surface area contributed by atoms with Crippen LogP contribution >= 0.6 is 11.3 Å². The molecule has 27 heavy (non-hydrogen) atoms. The van der Waals surface area contributed by atoms with Crippen LogP contribution in [0.15, 0.2) is 64.5 Å². The van der Waals surface area contributed by atoms with Gasteiger partial charge in [-0.15, -0.1) is 11.3 Å². The number of amides is 1. The molecule has 0 radical (unpaired) electrons. The highest BCUT2D eigenvalue weighted by Gasteiger charge is 2.18. The quantitative estimate of drug-likeness (QED) is 0.539. The summed E-state index contributed by atoms with van der Waals surface area (Å²) in [6.45, 7) is 0. The first-order valence-electron chi connectivity index (χ1n) is 7.84. The van der Waals surface area contributed by atoms with Gasteiger partial charge in [0.05, 0.1) is 5.69 Å². The maximum absolute atomic E-state index is 13.3.